The Balaban J connectivity index is 1.87. The Labute approximate surface area is 154 Å². The molecule has 5 nitrogen and oxygen atoms in total. The molecule has 2 aromatic carbocycles. The third kappa shape index (κ3) is 6.10. The number of hydrogen-bond acceptors (Lipinski definition) is 4. The summed E-state index contributed by atoms with van der Waals surface area (Å²) >= 11 is 0. The molecule has 1 amide bonds. The molecule has 0 aromatic heterocycles. The van der Waals surface area contributed by atoms with Crippen molar-refractivity contribution in [3.63, 3.8) is 0 Å². The van der Waals surface area contributed by atoms with Crippen LogP contribution in [-0.2, 0) is 22.3 Å². The number of nitrogens with zero attached hydrogens (tertiary/aromatic N) is 1. The van der Waals surface area contributed by atoms with Gasteiger partial charge in [0.2, 0.25) is 5.91 Å². The van der Waals surface area contributed by atoms with Crippen LogP contribution in [0, 0.1) is 0 Å². The summed E-state index contributed by atoms with van der Waals surface area (Å²) in [6.07, 6.45) is -4.37. The summed E-state index contributed by atoms with van der Waals surface area (Å²) in [5.74, 6) is -0.751. The highest BCUT2D eigenvalue weighted by molar-refractivity contribution is 5.93. The van der Waals surface area contributed by atoms with Crippen LogP contribution in [0.1, 0.15) is 21.5 Å². The molecule has 0 saturated heterocycles. The first-order chi connectivity index (χ1) is 12.7. The lowest BCUT2D eigenvalue weighted by atomic mass is 10.1. The average Bonchev–Trinajstić information content (AvgIpc) is 2.61. The van der Waals surface area contributed by atoms with Crippen molar-refractivity contribution in [1.29, 1.82) is 0 Å². The zero-order valence-corrected chi connectivity index (χ0v) is 14.8. The predicted molar refractivity (Wildman–Crippen MR) is 94.2 cm³/mol. The molecule has 0 spiro atoms. The Morgan fingerprint density at radius 2 is 1.63 bits per heavy atom. The van der Waals surface area contributed by atoms with Crippen molar-refractivity contribution < 1.29 is 27.5 Å². The zero-order valence-electron chi connectivity index (χ0n) is 14.8. The molecule has 27 heavy (non-hydrogen) atoms. The van der Waals surface area contributed by atoms with E-state index in [9.17, 15) is 22.8 Å². The van der Waals surface area contributed by atoms with Crippen LogP contribution in [0.4, 0.5) is 18.9 Å². The van der Waals surface area contributed by atoms with Gasteiger partial charge in [-0.15, -0.1) is 0 Å². The number of halogens is 3. The third-order valence-corrected chi connectivity index (χ3v) is 3.74. The maximum atomic E-state index is 12.6. The number of esters is 1. The highest BCUT2D eigenvalue weighted by Gasteiger charge is 2.29. The minimum Gasteiger partial charge on any atom is -0.465 e. The van der Waals surface area contributed by atoms with Crippen LogP contribution in [0.15, 0.2) is 48.5 Å². The normalized spacial score (nSPS) is 11.3. The van der Waals surface area contributed by atoms with Gasteiger partial charge in [-0.2, -0.15) is 13.2 Å². The van der Waals surface area contributed by atoms with E-state index in [0.29, 0.717) is 23.4 Å². The number of benzene rings is 2. The monoisotopic (exact) mass is 380 g/mol. The van der Waals surface area contributed by atoms with Crippen molar-refractivity contribution in [1.82, 2.24) is 4.90 Å². The molecule has 2 aromatic rings. The summed E-state index contributed by atoms with van der Waals surface area (Å²) in [6, 6.07) is 11.1. The molecule has 144 valence electrons. The number of carbonyl (C=O) groups excluding carboxylic acids is 2. The lowest BCUT2D eigenvalue weighted by molar-refractivity contribution is -0.137. The van der Waals surface area contributed by atoms with Gasteiger partial charge in [0.15, 0.2) is 0 Å². The SMILES string of the molecule is COC(=O)c1ccc(NC(=O)CN(C)Cc2ccc(C(F)(F)F)cc2)cc1. The summed E-state index contributed by atoms with van der Waals surface area (Å²) in [7, 11) is 2.97. The third-order valence-electron chi connectivity index (χ3n) is 3.74. The number of methoxy groups -OCH3 is 1. The Morgan fingerprint density at radius 1 is 1.04 bits per heavy atom. The zero-order chi connectivity index (χ0) is 20.0. The van der Waals surface area contributed by atoms with Gasteiger partial charge in [-0.1, -0.05) is 12.1 Å². The van der Waals surface area contributed by atoms with Crippen LogP contribution in [0.5, 0.6) is 0 Å². The summed E-state index contributed by atoms with van der Waals surface area (Å²) < 4.78 is 42.3. The molecule has 0 radical (unpaired) electrons. The van der Waals surface area contributed by atoms with Gasteiger partial charge in [-0.3, -0.25) is 9.69 Å². The number of carbonyl (C=O) groups is 2. The standard InChI is InChI=1S/C19H19F3N2O3/c1-24(11-13-3-7-15(8-4-13)19(20,21)22)12-17(25)23-16-9-5-14(6-10-16)18(26)27-2/h3-10H,11-12H2,1-2H3,(H,23,25). The van der Waals surface area contributed by atoms with Crippen LogP contribution in [0.25, 0.3) is 0 Å². The van der Waals surface area contributed by atoms with Gasteiger partial charge in [0.1, 0.15) is 0 Å². The second kappa shape index (κ2) is 8.68. The van der Waals surface area contributed by atoms with Crippen LogP contribution >= 0.6 is 0 Å². The molecule has 0 fully saturated rings. The molecular formula is C19H19F3N2O3. The highest BCUT2D eigenvalue weighted by Crippen LogP contribution is 2.29. The number of ether oxygens (including phenoxy) is 1. The van der Waals surface area contributed by atoms with E-state index < -0.39 is 17.7 Å². The molecule has 0 heterocycles. The van der Waals surface area contributed by atoms with Gasteiger partial charge in [0.05, 0.1) is 24.8 Å². The van der Waals surface area contributed by atoms with E-state index in [0.717, 1.165) is 12.1 Å². The Kier molecular flexibility index (Phi) is 6.57. The Bertz CT molecular complexity index is 787. The highest BCUT2D eigenvalue weighted by atomic mass is 19.4. The quantitative estimate of drug-likeness (QED) is 0.779. The molecule has 2 rings (SSSR count). The van der Waals surface area contributed by atoms with Crippen LogP contribution < -0.4 is 5.32 Å². The molecular weight excluding hydrogens is 361 g/mol. The van der Waals surface area contributed by atoms with Crippen molar-refractivity contribution in [2.45, 2.75) is 12.7 Å². The summed E-state index contributed by atoms with van der Waals surface area (Å²) in [4.78, 5) is 25.1. The van der Waals surface area contributed by atoms with Crippen LogP contribution in [-0.4, -0.2) is 37.5 Å². The van der Waals surface area contributed by atoms with Crippen molar-refractivity contribution in [2.24, 2.45) is 0 Å². The lowest BCUT2D eigenvalue weighted by Crippen LogP contribution is -2.29. The maximum absolute atomic E-state index is 12.6. The molecule has 1 N–H and O–H groups in total. The van der Waals surface area contributed by atoms with Gasteiger partial charge in [0.25, 0.3) is 0 Å². The summed E-state index contributed by atoms with van der Waals surface area (Å²) in [6.45, 7) is 0.382. The van der Waals surface area contributed by atoms with Crippen LogP contribution in [0.3, 0.4) is 0 Å². The van der Waals surface area contributed by atoms with Gasteiger partial charge in [-0.05, 0) is 49.0 Å². The number of alkyl halides is 3. The molecule has 0 saturated carbocycles. The average molecular weight is 380 g/mol. The maximum Gasteiger partial charge on any atom is 0.416 e. The van der Waals surface area contributed by atoms with Crippen molar-refractivity contribution in [2.75, 3.05) is 26.0 Å². The van der Waals surface area contributed by atoms with E-state index in [1.165, 1.54) is 31.4 Å². The molecule has 0 atom stereocenters. The Hall–Kier alpha value is -2.87. The fourth-order valence-electron chi connectivity index (χ4n) is 2.42. The van der Waals surface area contributed by atoms with Gasteiger partial charge < -0.3 is 10.1 Å². The fourth-order valence-corrected chi connectivity index (χ4v) is 2.42. The largest absolute Gasteiger partial charge is 0.465 e. The van der Waals surface area contributed by atoms with E-state index >= 15 is 0 Å². The summed E-state index contributed by atoms with van der Waals surface area (Å²) in [5, 5.41) is 2.69. The molecule has 0 aliphatic heterocycles. The number of rotatable bonds is 6. The molecule has 0 bridgehead atoms. The van der Waals surface area contributed by atoms with Crippen molar-refractivity contribution >= 4 is 17.6 Å². The minimum absolute atomic E-state index is 0.0553. The van der Waals surface area contributed by atoms with Crippen molar-refractivity contribution in [3.05, 3.63) is 65.2 Å². The van der Waals surface area contributed by atoms with E-state index in [-0.39, 0.29) is 12.5 Å². The van der Waals surface area contributed by atoms with Crippen LogP contribution in [0.2, 0.25) is 0 Å². The number of nitrogens with one attached hydrogen (secondary N) is 1. The van der Waals surface area contributed by atoms with E-state index in [1.807, 2.05) is 0 Å². The second-order valence-corrected chi connectivity index (χ2v) is 5.98. The minimum atomic E-state index is -4.37. The van der Waals surface area contributed by atoms with Gasteiger partial charge in [-0.25, -0.2) is 4.79 Å². The predicted octanol–water partition coefficient (Wildman–Crippen LogP) is 3.56. The smallest absolute Gasteiger partial charge is 0.416 e. The van der Waals surface area contributed by atoms with Gasteiger partial charge in [0, 0.05) is 12.2 Å². The first-order valence-corrected chi connectivity index (χ1v) is 8.02. The Morgan fingerprint density at radius 3 is 2.15 bits per heavy atom. The molecule has 8 heteroatoms. The first-order valence-electron chi connectivity index (χ1n) is 8.02. The number of hydrogen-bond donors (Lipinski definition) is 1. The van der Waals surface area contributed by atoms with E-state index in [4.69, 9.17) is 0 Å². The molecule has 0 unspecified atom stereocenters. The summed E-state index contributed by atoms with van der Waals surface area (Å²) in [5.41, 5.74) is 0.855. The van der Waals surface area contributed by atoms with Crippen molar-refractivity contribution in [3.8, 4) is 0 Å². The lowest BCUT2D eigenvalue weighted by Gasteiger charge is -2.17. The van der Waals surface area contributed by atoms with E-state index in [1.54, 1.807) is 24.1 Å². The number of anilines is 1. The molecule has 0 aliphatic carbocycles. The molecule has 0 aliphatic rings. The second-order valence-electron chi connectivity index (χ2n) is 5.98. The number of likely N-dealkylation sites (N-methyl/N-ethyl adjacent to an activating group) is 1. The topological polar surface area (TPSA) is 58.6 Å². The van der Waals surface area contributed by atoms with Gasteiger partial charge >= 0.3 is 12.1 Å². The fraction of sp³-hybridized carbons (Fsp3) is 0.263. The first kappa shape index (κ1) is 20.4. The van der Waals surface area contributed by atoms with E-state index in [2.05, 4.69) is 10.1 Å². The number of amides is 1.